The van der Waals surface area contributed by atoms with E-state index in [1.807, 2.05) is 84.9 Å². The second kappa shape index (κ2) is 13.1. The van der Waals surface area contributed by atoms with Crippen molar-refractivity contribution in [1.29, 1.82) is 0 Å². The first-order chi connectivity index (χ1) is 24.5. The molecule has 0 fully saturated rings. The number of aromatic amines is 2. The molecule has 8 rings (SSSR count). The van der Waals surface area contributed by atoms with Crippen molar-refractivity contribution in [1.82, 2.24) is 19.9 Å². The van der Waals surface area contributed by atoms with E-state index in [0.29, 0.717) is 11.1 Å². The molecule has 0 bridgehead atoms. The molecule has 0 aliphatic carbocycles. The van der Waals surface area contributed by atoms with Crippen LogP contribution in [0.15, 0.2) is 158 Å². The number of aryl methyl sites for hydroxylation is 2. The zero-order valence-electron chi connectivity index (χ0n) is 27.8. The van der Waals surface area contributed by atoms with Crippen molar-refractivity contribution in [2.45, 2.75) is 13.8 Å². The van der Waals surface area contributed by atoms with Crippen LogP contribution in [0.5, 0.6) is 0 Å². The fourth-order valence-corrected chi connectivity index (χ4v) is 6.21. The molecule has 0 amide bonds. The molecule has 6 aromatic carbocycles. The number of carbonyl (C=O) groups is 1. The van der Waals surface area contributed by atoms with Gasteiger partial charge in [-0.05, 0) is 13.8 Å². The molecule has 0 spiro atoms. The lowest BCUT2D eigenvalue weighted by atomic mass is 9.98. The monoisotopic (exact) mass is 646 g/mol. The highest BCUT2D eigenvalue weighted by Gasteiger charge is 2.18. The first-order valence-corrected chi connectivity index (χ1v) is 16.7. The Morgan fingerprint density at radius 3 is 1.18 bits per heavy atom. The fourth-order valence-electron chi connectivity index (χ4n) is 6.21. The maximum atomic E-state index is 13.7. The Labute approximate surface area is 291 Å². The Morgan fingerprint density at radius 2 is 0.740 bits per heavy atom. The van der Waals surface area contributed by atoms with Gasteiger partial charge in [0.25, 0.3) is 0 Å². The van der Waals surface area contributed by atoms with Gasteiger partial charge in [0.1, 0.15) is 11.6 Å². The molecule has 2 heterocycles. The van der Waals surface area contributed by atoms with Gasteiger partial charge >= 0.3 is 0 Å². The standard InChI is InChI=1S/C45H34N4O/c1-29-13-17-37(18-14-29)44-46-39(31-9-5-3-6-10-31)41(48-44)33-21-25-35(26-22-33)43(50)36-27-23-34(24-28-36)42-40(32-11-7-4-8-12-32)47-45(49-42)38-19-15-30(2)16-20-38/h3-28H,1-2H3,(H,46,48)(H,47,49). The number of H-pyrrole nitrogens is 2. The van der Waals surface area contributed by atoms with Crippen molar-refractivity contribution in [3.63, 3.8) is 0 Å². The van der Waals surface area contributed by atoms with Gasteiger partial charge in [0.15, 0.2) is 5.78 Å². The second-order valence-corrected chi connectivity index (χ2v) is 12.6. The van der Waals surface area contributed by atoms with E-state index in [1.54, 1.807) is 0 Å². The predicted octanol–water partition coefficient (Wildman–Crippen LogP) is 11.0. The van der Waals surface area contributed by atoms with Crippen LogP contribution in [0.25, 0.3) is 67.8 Å². The van der Waals surface area contributed by atoms with Gasteiger partial charge in [-0.2, -0.15) is 0 Å². The lowest BCUT2D eigenvalue weighted by Crippen LogP contribution is -2.01. The lowest BCUT2D eigenvalue weighted by molar-refractivity contribution is 0.103. The summed E-state index contributed by atoms with van der Waals surface area (Å²) >= 11 is 0. The molecule has 50 heavy (non-hydrogen) atoms. The number of hydrogen-bond donors (Lipinski definition) is 2. The lowest BCUT2D eigenvalue weighted by Gasteiger charge is -2.07. The normalized spacial score (nSPS) is 11.1. The largest absolute Gasteiger partial charge is 0.337 e. The number of nitrogens with zero attached hydrogens (tertiary/aromatic N) is 2. The molecule has 0 aliphatic rings. The second-order valence-electron chi connectivity index (χ2n) is 12.6. The minimum Gasteiger partial charge on any atom is -0.337 e. The summed E-state index contributed by atoms with van der Waals surface area (Å²) in [5.74, 6) is 1.57. The van der Waals surface area contributed by atoms with E-state index in [2.05, 4.69) is 96.6 Å². The SMILES string of the molecule is Cc1ccc(-c2nc(-c3ccc(C(=O)c4ccc(-c5[nH]c(-c6ccc(C)cc6)nc5-c5ccccc5)cc4)cc3)c(-c3ccccc3)[nH]2)cc1. The zero-order valence-corrected chi connectivity index (χ0v) is 27.8. The molecular weight excluding hydrogens is 613 g/mol. The Bertz CT molecular complexity index is 2230. The topological polar surface area (TPSA) is 74.4 Å². The van der Waals surface area contributed by atoms with Gasteiger partial charge < -0.3 is 9.97 Å². The molecule has 2 aromatic heterocycles. The van der Waals surface area contributed by atoms with Crippen LogP contribution in [-0.4, -0.2) is 25.7 Å². The minimum atomic E-state index is -0.0398. The van der Waals surface area contributed by atoms with Gasteiger partial charge in [0.05, 0.1) is 22.8 Å². The molecule has 0 radical (unpaired) electrons. The van der Waals surface area contributed by atoms with Gasteiger partial charge in [-0.1, -0.05) is 169 Å². The maximum absolute atomic E-state index is 13.7. The van der Waals surface area contributed by atoms with Gasteiger partial charge in [-0.25, -0.2) is 9.97 Å². The van der Waals surface area contributed by atoms with Crippen molar-refractivity contribution < 1.29 is 4.79 Å². The molecule has 5 heteroatoms. The Morgan fingerprint density at radius 1 is 0.400 bits per heavy atom. The number of nitrogens with one attached hydrogen (secondary N) is 2. The smallest absolute Gasteiger partial charge is 0.193 e. The van der Waals surface area contributed by atoms with Crippen molar-refractivity contribution in [2.75, 3.05) is 0 Å². The van der Waals surface area contributed by atoms with Crippen molar-refractivity contribution in [2.24, 2.45) is 0 Å². The summed E-state index contributed by atoms with van der Waals surface area (Å²) in [6.45, 7) is 4.15. The van der Waals surface area contributed by atoms with Gasteiger partial charge in [-0.15, -0.1) is 0 Å². The third kappa shape index (κ3) is 6.09. The number of carbonyl (C=O) groups excluding carboxylic acids is 1. The van der Waals surface area contributed by atoms with Crippen LogP contribution >= 0.6 is 0 Å². The van der Waals surface area contributed by atoms with E-state index in [-0.39, 0.29) is 5.78 Å². The van der Waals surface area contributed by atoms with Crippen LogP contribution in [-0.2, 0) is 0 Å². The molecule has 0 saturated carbocycles. The van der Waals surface area contributed by atoms with Crippen LogP contribution < -0.4 is 0 Å². The molecule has 0 aliphatic heterocycles. The Kier molecular flexibility index (Phi) is 8.07. The number of benzene rings is 6. The third-order valence-electron chi connectivity index (χ3n) is 9.02. The Balaban J connectivity index is 1.09. The van der Waals surface area contributed by atoms with Crippen LogP contribution in [0, 0.1) is 13.8 Å². The molecule has 8 aromatic rings. The Hall–Kier alpha value is -6.59. The highest BCUT2D eigenvalue weighted by Crippen LogP contribution is 2.35. The van der Waals surface area contributed by atoms with E-state index in [1.165, 1.54) is 11.1 Å². The van der Waals surface area contributed by atoms with E-state index in [9.17, 15) is 4.79 Å². The molecule has 0 atom stereocenters. The van der Waals surface area contributed by atoms with Crippen LogP contribution in [0.4, 0.5) is 0 Å². The quantitative estimate of drug-likeness (QED) is 0.161. The number of imidazole rings is 2. The average molecular weight is 647 g/mol. The first kappa shape index (κ1) is 30.7. The van der Waals surface area contributed by atoms with Crippen LogP contribution in [0.3, 0.4) is 0 Å². The van der Waals surface area contributed by atoms with E-state index in [0.717, 1.165) is 67.8 Å². The molecule has 0 unspecified atom stereocenters. The van der Waals surface area contributed by atoms with E-state index in [4.69, 9.17) is 9.97 Å². The first-order valence-electron chi connectivity index (χ1n) is 16.7. The van der Waals surface area contributed by atoms with Crippen molar-refractivity contribution in [3.05, 3.63) is 180 Å². The van der Waals surface area contributed by atoms with E-state index >= 15 is 0 Å². The summed E-state index contributed by atoms with van der Waals surface area (Å²) in [6, 6.07) is 52.5. The van der Waals surface area contributed by atoms with Crippen LogP contribution in [0.2, 0.25) is 0 Å². The molecule has 5 nitrogen and oxygen atoms in total. The summed E-state index contributed by atoms with van der Waals surface area (Å²) in [4.78, 5) is 30.9. The molecule has 2 N–H and O–H groups in total. The summed E-state index contributed by atoms with van der Waals surface area (Å²) in [5.41, 5.74) is 13.2. The molecular formula is C45H34N4O. The number of ketones is 1. The van der Waals surface area contributed by atoms with Crippen LogP contribution in [0.1, 0.15) is 27.0 Å². The molecule has 240 valence electrons. The summed E-state index contributed by atoms with van der Waals surface area (Å²) in [5, 5.41) is 0. The summed E-state index contributed by atoms with van der Waals surface area (Å²) < 4.78 is 0. The average Bonchev–Trinajstić information content (AvgIpc) is 3.82. The number of aromatic nitrogens is 4. The highest BCUT2D eigenvalue weighted by molar-refractivity contribution is 6.09. The highest BCUT2D eigenvalue weighted by atomic mass is 16.1. The van der Waals surface area contributed by atoms with Crippen molar-refractivity contribution in [3.8, 4) is 67.8 Å². The van der Waals surface area contributed by atoms with Gasteiger partial charge in [-0.3, -0.25) is 4.79 Å². The van der Waals surface area contributed by atoms with Gasteiger partial charge in [0, 0.05) is 44.5 Å². The number of hydrogen-bond acceptors (Lipinski definition) is 3. The summed E-state index contributed by atoms with van der Waals surface area (Å²) in [6.07, 6.45) is 0. The summed E-state index contributed by atoms with van der Waals surface area (Å²) in [7, 11) is 0. The van der Waals surface area contributed by atoms with E-state index < -0.39 is 0 Å². The van der Waals surface area contributed by atoms with Crippen molar-refractivity contribution >= 4 is 5.78 Å². The predicted molar refractivity (Wildman–Crippen MR) is 203 cm³/mol. The molecule has 0 saturated heterocycles. The third-order valence-corrected chi connectivity index (χ3v) is 9.02. The minimum absolute atomic E-state index is 0.0398. The maximum Gasteiger partial charge on any atom is 0.193 e. The van der Waals surface area contributed by atoms with Gasteiger partial charge in [0.2, 0.25) is 0 Å². The zero-order chi connectivity index (χ0) is 34.0. The number of rotatable bonds is 8. The fraction of sp³-hybridized carbons (Fsp3) is 0.0444.